The third-order valence-corrected chi connectivity index (χ3v) is 3.98. The van der Waals surface area contributed by atoms with Crippen LogP contribution in [0.4, 0.5) is 0 Å². The molecule has 2 saturated carbocycles. The Balaban J connectivity index is 1.63. The zero-order chi connectivity index (χ0) is 12.8. The summed E-state index contributed by atoms with van der Waals surface area (Å²) in [5.41, 5.74) is 0. The number of ether oxygens (including phenoxy) is 1. The number of carbonyl (C=O) groups is 1. The molecule has 0 aromatic heterocycles. The van der Waals surface area contributed by atoms with E-state index >= 15 is 0 Å². The molecule has 0 heterocycles. The monoisotopic (exact) mass is 255 g/mol. The van der Waals surface area contributed by atoms with E-state index in [1.165, 1.54) is 32.1 Å². The average Bonchev–Trinajstić information content (AvgIpc) is 3.21. The molecule has 4 heteroatoms. The van der Waals surface area contributed by atoms with Crippen molar-refractivity contribution in [1.82, 2.24) is 5.32 Å². The zero-order valence-corrected chi connectivity index (χ0v) is 11.1. The second-order valence-corrected chi connectivity index (χ2v) is 5.59. The topological polar surface area (TPSA) is 58.6 Å². The number of aliphatic hydroxyl groups is 1. The maximum Gasteiger partial charge on any atom is 0.246 e. The predicted molar refractivity (Wildman–Crippen MR) is 69.2 cm³/mol. The van der Waals surface area contributed by atoms with Crippen LogP contribution >= 0.6 is 0 Å². The predicted octanol–water partition coefficient (Wildman–Crippen LogP) is 1.61. The maximum absolute atomic E-state index is 11.8. The van der Waals surface area contributed by atoms with Crippen molar-refractivity contribution >= 4 is 5.91 Å². The van der Waals surface area contributed by atoms with E-state index < -0.39 is 0 Å². The molecule has 0 aromatic rings. The van der Waals surface area contributed by atoms with E-state index in [1.807, 2.05) is 0 Å². The summed E-state index contributed by atoms with van der Waals surface area (Å²) < 4.78 is 5.65. The molecule has 1 unspecified atom stereocenters. The Morgan fingerprint density at radius 3 is 2.56 bits per heavy atom. The van der Waals surface area contributed by atoms with Crippen molar-refractivity contribution in [2.24, 2.45) is 5.92 Å². The highest BCUT2D eigenvalue weighted by atomic mass is 16.5. The average molecular weight is 255 g/mol. The second kappa shape index (κ2) is 7.10. The molecule has 2 aliphatic rings. The Morgan fingerprint density at radius 2 is 1.94 bits per heavy atom. The van der Waals surface area contributed by atoms with E-state index in [4.69, 9.17) is 9.84 Å². The van der Waals surface area contributed by atoms with Gasteiger partial charge in [-0.1, -0.05) is 19.3 Å². The summed E-state index contributed by atoms with van der Waals surface area (Å²) in [6.07, 6.45) is 9.23. The molecule has 4 nitrogen and oxygen atoms in total. The molecular weight excluding hydrogens is 230 g/mol. The van der Waals surface area contributed by atoms with Crippen molar-refractivity contribution in [3.05, 3.63) is 0 Å². The molecule has 0 radical (unpaired) electrons. The van der Waals surface area contributed by atoms with Gasteiger partial charge in [0.05, 0.1) is 6.10 Å². The maximum atomic E-state index is 11.8. The van der Waals surface area contributed by atoms with Crippen molar-refractivity contribution in [2.45, 2.75) is 63.5 Å². The first-order valence-corrected chi connectivity index (χ1v) is 7.31. The number of aliphatic hydroxyl groups excluding tert-OH is 1. The summed E-state index contributed by atoms with van der Waals surface area (Å²) in [6, 6.07) is 0.150. The van der Waals surface area contributed by atoms with Gasteiger partial charge < -0.3 is 15.2 Å². The Kier molecular flexibility index (Phi) is 5.45. The van der Waals surface area contributed by atoms with Gasteiger partial charge in [-0.3, -0.25) is 4.79 Å². The number of rotatable bonds is 7. The third-order valence-electron chi connectivity index (χ3n) is 3.98. The first kappa shape index (κ1) is 13.8. The van der Waals surface area contributed by atoms with Crippen molar-refractivity contribution in [1.29, 1.82) is 0 Å². The van der Waals surface area contributed by atoms with Crippen LogP contribution in [-0.2, 0) is 9.53 Å². The van der Waals surface area contributed by atoms with Crippen LogP contribution in [0, 0.1) is 5.92 Å². The fourth-order valence-corrected chi connectivity index (χ4v) is 2.74. The van der Waals surface area contributed by atoms with Crippen LogP contribution < -0.4 is 5.32 Å². The Hall–Kier alpha value is -0.610. The molecular formula is C14H25NO3. The highest BCUT2D eigenvalue weighted by molar-refractivity contribution is 5.77. The lowest BCUT2D eigenvalue weighted by molar-refractivity contribution is -0.129. The standard InChI is InChI=1S/C14H25NO3/c16-9-8-13(11-6-7-11)15-14(17)10-18-12-4-2-1-3-5-12/h11-13,16H,1-10H2,(H,15,17). The summed E-state index contributed by atoms with van der Waals surface area (Å²) in [4.78, 5) is 11.8. The van der Waals surface area contributed by atoms with Gasteiger partial charge in [-0.2, -0.15) is 0 Å². The van der Waals surface area contributed by atoms with Crippen LogP contribution in [-0.4, -0.2) is 36.4 Å². The summed E-state index contributed by atoms with van der Waals surface area (Å²) in [5, 5.41) is 12.0. The van der Waals surface area contributed by atoms with Crippen LogP contribution in [0.2, 0.25) is 0 Å². The molecule has 0 aliphatic heterocycles. The number of carbonyl (C=O) groups excluding carboxylic acids is 1. The van der Waals surface area contributed by atoms with Gasteiger partial charge in [0.15, 0.2) is 0 Å². The molecule has 0 bridgehead atoms. The van der Waals surface area contributed by atoms with Crippen LogP contribution in [0.5, 0.6) is 0 Å². The smallest absolute Gasteiger partial charge is 0.246 e. The zero-order valence-electron chi connectivity index (χ0n) is 11.1. The number of hydrogen-bond donors (Lipinski definition) is 2. The van der Waals surface area contributed by atoms with Crippen LogP contribution in [0.15, 0.2) is 0 Å². The molecule has 18 heavy (non-hydrogen) atoms. The molecule has 0 saturated heterocycles. The van der Waals surface area contributed by atoms with E-state index in [0.717, 1.165) is 12.8 Å². The molecule has 0 spiro atoms. The van der Waals surface area contributed by atoms with Crippen LogP contribution in [0.1, 0.15) is 51.4 Å². The summed E-state index contributed by atoms with van der Waals surface area (Å²) >= 11 is 0. The molecule has 2 N–H and O–H groups in total. The van der Waals surface area contributed by atoms with E-state index in [0.29, 0.717) is 12.3 Å². The lowest BCUT2D eigenvalue weighted by Crippen LogP contribution is -2.40. The Labute approximate surface area is 109 Å². The van der Waals surface area contributed by atoms with Crippen molar-refractivity contribution in [2.75, 3.05) is 13.2 Å². The van der Waals surface area contributed by atoms with E-state index in [9.17, 15) is 4.79 Å². The molecule has 2 rings (SSSR count). The molecule has 1 atom stereocenters. The first-order chi connectivity index (χ1) is 8.79. The van der Waals surface area contributed by atoms with Gasteiger partial charge >= 0.3 is 0 Å². The number of amides is 1. The minimum atomic E-state index is -0.0223. The molecule has 104 valence electrons. The van der Waals surface area contributed by atoms with Crippen molar-refractivity contribution < 1.29 is 14.6 Å². The minimum absolute atomic E-state index is 0.0223. The fraction of sp³-hybridized carbons (Fsp3) is 0.929. The Bertz CT molecular complexity index is 260. The van der Waals surface area contributed by atoms with Gasteiger partial charge in [0.25, 0.3) is 0 Å². The third kappa shape index (κ3) is 4.58. The summed E-state index contributed by atoms with van der Waals surface area (Å²) in [7, 11) is 0. The van der Waals surface area contributed by atoms with E-state index in [2.05, 4.69) is 5.32 Å². The number of nitrogens with one attached hydrogen (secondary N) is 1. The van der Waals surface area contributed by atoms with Crippen molar-refractivity contribution in [3.8, 4) is 0 Å². The minimum Gasteiger partial charge on any atom is -0.396 e. The lowest BCUT2D eigenvalue weighted by atomic mass is 9.98. The van der Waals surface area contributed by atoms with Gasteiger partial charge in [0, 0.05) is 12.6 Å². The molecule has 2 aliphatic carbocycles. The fourth-order valence-electron chi connectivity index (χ4n) is 2.74. The SMILES string of the molecule is O=C(COC1CCCCC1)NC(CCO)C1CC1. The Morgan fingerprint density at radius 1 is 1.22 bits per heavy atom. The summed E-state index contributed by atoms with van der Waals surface area (Å²) in [5.74, 6) is 0.557. The normalized spacial score (nSPS) is 22.7. The van der Waals surface area contributed by atoms with Gasteiger partial charge in [-0.15, -0.1) is 0 Å². The molecule has 1 amide bonds. The highest BCUT2D eigenvalue weighted by Crippen LogP contribution is 2.33. The van der Waals surface area contributed by atoms with E-state index in [1.54, 1.807) is 0 Å². The summed E-state index contributed by atoms with van der Waals surface area (Å²) in [6.45, 7) is 0.324. The van der Waals surface area contributed by atoms with Crippen LogP contribution in [0.3, 0.4) is 0 Å². The molecule has 2 fully saturated rings. The van der Waals surface area contributed by atoms with E-state index in [-0.39, 0.29) is 31.3 Å². The number of hydrogen-bond acceptors (Lipinski definition) is 3. The lowest BCUT2D eigenvalue weighted by Gasteiger charge is -2.23. The van der Waals surface area contributed by atoms with Gasteiger partial charge in [0.2, 0.25) is 5.91 Å². The van der Waals surface area contributed by atoms with Gasteiger partial charge in [-0.25, -0.2) is 0 Å². The van der Waals surface area contributed by atoms with Gasteiger partial charge in [-0.05, 0) is 38.0 Å². The quantitative estimate of drug-likeness (QED) is 0.726. The first-order valence-electron chi connectivity index (χ1n) is 7.31. The highest BCUT2D eigenvalue weighted by Gasteiger charge is 2.31. The second-order valence-electron chi connectivity index (χ2n) is 5.59. The molecule has 0 aromatic carbocycles. The largest absolute Gasteiger partial charge is 0.396 e. The van der Waals surface area contributed by atoms with Crippen LogP contribution in [0.25, 0.3) is 0 Å². The van der Waals surface area contributed by atoms with Gasteiger partial charge in [0.1, 0.15) is 6.61 Å². The van der Waals surface area contributed by atoms with Crippen molar-refractivity contribution in [3.63, 3.8) is 0 Å².